The fourth-order valence-corrected chi connectivity index (χ4v) is 8.80. The summed E-state index contributed by atoms with van der Waals surface area (Å²) in [5.41, 5.74) is 0.749. The lowest BCUT2D eigenvalue weighted by Crippen LogP contribution is -2.31. The Hall–Kier alpha value is -5.46. The summed E-state index contributed by atoms with van der Waals surface area (Å²) in [4.78, 5) is 0. The second-order valence-corrected chi connectivity index (χ2v) is 17.0. The topological polar surface area (TPSA) is 0 Å². The third-order valence-corrected chi connectivity index (χ3v) is 12.4. The predicted molar refractivity (Wildman–Crippen MR) is 477 cm³/mol. The van der Waals surface area contributed by atoms with Crippen LogP contribution in [0.25, 0.3) is 32.3 Å². The first kappa shape index (κ1) is 128. The van der Waals surface area contributed by atoms with Gasteiger partial charge in [-0.1, -0.05) is 540 Å². The quantitative estimate of drug-likeness (QED) is 0.144. The van der Waals surface area contributed by atoms with E-state index in [2.05, 4.69) is 116 Å². The molecule has 3 saturated carbocycles. The Kier molecular flexibility index (Phi) is 177. The molecule has 0 unspecified atom stereocenters. The van der Waals surface area contributed by atoms with E-state index in [1.54, 1.807) is 0 Å². The normalized spacial score (nSPS) is 10.7. The summed E-state index contributed by atoms with van der Waals surface area (Å²) in [6.07, 6.45) is 24.2. The number of rotatable bonds is 1. The van der Waals surface area contributed by atoms with Crippen molar-refractivity contribution in [3.63, 3.8) is 0 Å². The van der Waals surface area contributed by atoms with E-state index >= 15 is 0 Å². The van der Waals surface area contributed by atoms with Crippen LogP contribution < -0.4 is 0 Å². The molecule has 0 heterocycles. The molecular weight excluding hydrogens is 1170 g/mol. The van der Waals surface area contributed by atoms with Gasteiger partial charge in [0.05, 0.1) is 0 Å². The monoisotopic (exact) mass is 1350 g/mol. The van der Waals surface area contributed by atoms with E-state index in [1.165, 1.54) is 135 Å². The van der Waals surface area contributed by atoms with Gasteiger partial charge in [0.2, 0.25) is 0 Å². The average Bonchev–Trinajstić information content (AvgIpc) is 0.906. The summed E-state index contributed by atoms with van der Waals surface area (Å²) in [7, 11) is 0. The van der Waals surface area contributed by atoms with Crippen molar-refractivity contribution in [1.82, 2.24) is 0 Å². The highest BCUT2D eigenvalue weighted by Gasteiger charge is 2.35. The molecule has 0 nitrogen and oxygen atoms in total. The second kappa shape index (κ2) is 134. The van der Waals surface area contributed by atoms with Crippen LogP contribution in [0, 0.1) is 11.3 Å². The van der Waals surface area contributed by atoms with Crippen LogP contribution >= 0.6 is 0 Å². The Morgan fingerprint density at radius 2 is 0.320 bits per heavy atom. The van der Waals surface area contributed by atoms with Crippen molar-refractivity contribution in [2.75, 3.05) is 0 Å². The number of benzene rings is 8. The molecule has 0 aromatic heterocycles. The number of hydrogen-bond acceptors (Lipinski definition) is 0. The van der Waals surface area contributed by atoms with Crippen LogP contribution in [0.4, 0.5) is 0 Å². The van der Waals surface area contributed by atoms with E-state index in [1.807, 2.05) is 345 Å². The van der Waals surface area contributed by atoms with Gasteiger partial charge in [0.15, 0.2) is 0 Å². The Morgan fingerprint density at radius 3 is 0.485 bits per heavy atom. The van der Waals surface area contributed by atoms with E-state index < -0.39 is 0 Å². The lowest BCUT2D eigenvalue weighted by molar-refractivity contribution is 0.0876. The van der Waals surface area contributed by atoms with Crippen LogP contribution in [-0.4, -0.2) is 0 Å². The van der Waals surface area contributed by atoms with E-state index in [0.717, 1.165) is 11.3 Å². The summed E-state index contributed by atoms with van der Waals surface area (Å²) >= 11 is 0. The van der Waals surface area contributed by atoms with Crippen LogP contribution in [-0.2, 0) is 0 Å². The van der Waals surface area contributed by atoms with E-state index in [-0.39, 0.29) is 14.9 Å². The third kappa shape index (κ3) is 86.6. The SMILES string of the molecule is C.C.C1CCCCC1.CC.CC.CC.CC.CC.CC.CC.CC.CC.CC.CC.CC.CC.CC.CC.CC.CC.CC1(C2CCCCC2)CCCCC1.c1ccc2cc3ccccc3cc2c1.c1ccc2ccccc2c1.c1ccccc1.c1ccccc1.c1ccccc1. The Labute approximate surface area is 618 Å². The van der Waals surface area contributed by atoms with Crippen molar-refractivity contribution in [3.05, 3.63) is 218 Å². The molecule has 0 heteroatoms. The summed E-state index contributed by atoms with van der Waals surface area (Å²) < 4.78 is 0. The molecule has 3 fully saturated rings. The highest BCUT2D eigenvalue weighted by Crippen LogP contribution is 2.47. The van der Waals surface area contributed by atoms with Gasteiger partial charge >= 0.3 is 0 Å². The van der Waals surface area contributed by atoms with E-state index in [9.17, 15) is 0 Å². The molecule has 0 atom stereocenters. The Morgan fingerprint density at radius 1 is 0.186 bits per heavy atom. The van der Waals surface area contributed by atoms with Crippen LogP contribution in [0.3, 0.4) is 0 Å². The molecule has 570 valence electrons. The van der Waals surface area contributed by atoms with Crippen molar-refractivity contribution < 1.29 is 0 Å². The van der Waals surface area contributed by atoms with E-state index in [0.29, 0.717) is 0 Å². The van der Waals surface area contributed by atoms with Gasteiger partial charge in [0, 0.05) is 0 Å². The van der Waals surface area contributed by atoms with Gasteiger partial charge in [-0.15, -0.1) is 0 Å². The van der Waals surface area contributed by atoms with Gasteiger partial charge in [-0.2, -0.15) is 0 Å². The summed E-state index contributed by atoms with van der Waals surface area (Å²) in [6, 6.07) is 74.1. The first-order chi connectivity index (χ1) is 47.2. The molecule has 3 aliphatic carbocycles. The molecule has 3 aliphatic rings. The lowest BCUT2D eigenvalue weighted by atomic mass is 9.63. The average molecular weight is 1350 g/mol. The number of fused-ring (bicyclic) bond motifs is 3. The van der Waals surface area contributed by atoms with Crippen molar-refractivity contribution in [2.45, 2.75) is 360 Å². The van der Waals surface area contributed by atoms with Gasteiger partial charge in [0.25, 0.3) is 0 Å². The molecule has 0 spiro atoms. The molecule has 0 radical (unpaired) electrons. The molecular formula is C97H182. The maximum atomic E-state index is 2.57. The van der Waals surface area contributed by atoms with Crippen LogP contribution in [0.1, 0.15) is 360 Å². The van der Waals surface area contributed by atoms with Crippen molar-refractivity contribution in [2.24, 2.45) is 11.3 Å². The Balaban J connectivity index is -0.0000000586. The highest BCUT2D eigenvalue weighted by molar-refractivity contribution is 5.98. The molecule has 8 aromatic carbocycles. The predicted octanol–water partition coefficient (Wildman–Crippen LogP) is 37.5. The zero-order valence-corrected chi connectivity index (χ0v) is 71.2. The fraction of sp³-hybridized carbons (Fsp3) is 0.567. The van der Waals surface area contributed by atoms with Gasteiger partial charge < -0.3 is 0 Å². The summed E-state index contributed by atoms with van der Waals surface area (Å²) in [5.74, 6) is 1.08. The zero-order valence-electron chi connectivity index (χ0n) is 71.2. The molecule has 0 saturated heterocycles. The smallest absolute Gasteiger partial charge is 0.0178 e. The molecule has 0 N–H and O–H groups in total. The largest absolute Gasteiger partial charge is 0.0776 e. The maximum absolute atomic E-state index is 2.57. The zero-order chi connectivity index (χ0) is 76.3. The fourth-order valence-electron chi connectivity index (χ4n) is 8.80. The van der Waals surface area contributed by atoms with E-state index in [4.69, 9.17) is 0 Å². The maximum Gasteiger partial charge on any atom is -0.0178 e. The minimum atomic E-state index is 0. The highest BCUT2D eigenvalue weighted by atomic mass is 14.4. The minimum Gasteiger partial charge on any atom is -0.0776 e. The molecule has 0 amide bonds. The second-order valence-electron chi connectivity index (χ2n) is 17.0. The summed E-state index contributed by atoms with van der Waals surface area (Å²) in [5, 5.41) is 7.87. The van der Waals surface area contributed by atoms with Gasteiger partial charge in [-0.25, -0.2) is 0 Å². The molecule has 97 heavy (non-hydrogen) atoms. The van der Waals surface area contributed by atoms with Crippen LogP contribution in [0.15, 0.2) is 218 Å². The van der Waals surface area contributed by atoms with Crippen molar-refractivity contribution in [3.8, 4) is 0 Å². The van der Waals surface area contributed by atoms with Gasteiger partial charge in [0.1, 0.15) is 0 Å². The van der Waals surface area contributed by atoms with Crippen LogP contribution in [0.2, 0.25) is 0 Å². The lowest BCUT2D eigenvalue weighted by Gasteiger charge is -2.42. The molecule has 0 bridgehead atoms. The van der Waals surface area contributed by atoms with Crippen LogP contribution in [0.5, 0.6) is 0 Å². The molecule has 0 aliphatic heterocycles. The van der Waals surface area contributed by atoms with Crippen molar-refractivity contribution in [1.29, 1.82) is 0 Å². The standard InChI is InChI=1S/C14H10.C13H24.C10H8.C6H12.3C6H6.17C2H6.2CH4/c1-2-6-12-10-14-8-4-3-7-13(14)9-11(12)5-1;1-13(10-6-3-7-11-13)12-8-4-2-5-9-12;1-2-6-10-8-4-3-7-9(10)5-1;4*1-2-4-6-5-3-1;17*1-2;;/h1-10H;12H,2-11H2,1H3;1-8H;1-6H2;3*1-6H;17*1-2H3;2*1H4. The minimum absolute atomic E-state index is 0. The molecule has 11 rings (SSSR count). The number of hydrogen-bond donors (Lipinski definition) is 0. The van der Waals surface area contributed by atoms with Gasteiger partial charge in [-0.05, 0) is 81.5 Å². The van der Waals surface area contributed by atoms with Crippen molar-refractivity contribution >= 4 is 32.3 Å². The first-order valence-corrected chi connectivity index (χ1v) is 40.5. The van der Waals surface area contributed by atoms with Gasteiger partial charge in [-0.3, -0.25) is 0 Å². The molecule has 8 aromatic rings. The first-order valence-electron chi connectivity index (χ1n) is 40.5. The third-order valence-electron chi connectivity index (χ3n) is 12.4. The summed E-state index contributed by atoms with van der Waals surface area (Å²) in [6.45, 7) is 70.6. The Bertz CT molecular complexity index is 1890.